The van der Waals surface area contributed by atoms with Crippen LogP contribution in [0.5, 0.6) is 0 Å². The van der Waals surface area contributed by atoms with E-state index >= 15 is 0 Å². The molecule has 0 aliphatic heterocycles. The molecule has 0 bridgehead atoms. The van der Waals surface area contributed by atoms with E-state index in [1.807, 2.05) is 0 Å². The highest BCUT2D eigenvalue weighted by molar-refractivity contribution is 7.92. The number of benzene rings is 2. The van der Waals surface area contributed by atoms with Gasteiger partial charge in [0, 0.05) is 30.4 Å². The second kappa shape index (κ2) is 8.41. The van der Waals surface area contributed by atoms with Gasteiger partial charge in [-0.15, -0.1) is 0 Å². The fraction of sp³-hybridized carbons (Fsp3) is 0.222. The average Bonchev–Trinajstić information content (AvgIpc) is 2.60. The summed E-state index contributed by atoms with van der Waals surface area (Å²) in [6.45, 7) is -0.400. The number of sulfonamides is 1. The minimum Gasteiger partial charge on any atom is -0.345 e. The number of halogens is 1. The summed E-state index contributed by atoms with van der Waals surface area (Å²) in [4.78, 5) is 25.6. The van der Waals surface area contributed by atoms with Gasteiger partial charge in [-0.3, -0.25) is 13.9 Å². The number of carbonyl (C=O) groups is 2. The van der Waals surface area contributed by atoms with Crippen molar-refractivity contribution < 1.29 is 18.0 Å². The van der Waals surface area contributed by atoms with Gasteiger partial charge in [0.1, 0.15) is 6.54 Å². The predicted octanol–water partition coefficient (Wildman–Crippen LogP) is 2.45. The molecule has 9 heteroatoms. The van der Waals surface area contributed by atoms with Crippen LogP contribution in [0.4, 0.5) is 11.4 Å². The summed E-state index contributed by atoms with van der Waals surface area (Å²) in [6, 6.07) is 12.5. The van der Waals surface area contributed by atoms with E-state index < -0.39 is 22.5 Å². The Hall–Kier alpha value is -2.58. The van der Waals surface area contributed by atoms with Crippen molar-refractivity contribution in [3.63, 3.8) is 0 Å². The zero-order chi connectivity index (χ0) is 20.2. The molecule has 0 fully saturated rings. The predicted molar refractivity (Wildman–Crippen MR) is 107 cm³/mol. The molecule has 0 saturated heterocycles. The number of carbonyl (C=O) groups excluding carboxylic acids is 2. The van der Waals surface area contributed by atoms with Gasteiger partial charge in [-0.25, -0.2) is 8.42 Å². The van der Waals surface area contributed by atoms with Crippen LogP contribution in [0.1, 0.15) is 10.4 Å². The van der Waals surface area contributed by atoms with E-state index in [1.165, 1.54) is 29.2 Å². The molecule has 0 aliphatic carbocycles. The van der Waals surface area contributed by atoms with Gasteiger partial charge in [0.15, 0.2) is 0 Å². The highest BCUT2D eigenvalue weighted by Gasteiger charge is 2.21. The van der Waals surface area contributed by atoms with Crippen LogP contribution in [0.3, 0.4) is 0 Å². The van der Waals surface area contributed by atoms with E-state index in [1.54, 1.807) is 38.4 Å². The van der Waals surface area contributed by atoms with Gasteiger partial charge >= 0.3 is 0 Å². The Bertz CT molecular complexity index is 926. The summed E-state index contributed by atoms with van der Waals surface area (Å²) in [5, 5.41) is 3.15. The Labute approximate surface area is 163 Å². The molecule has 144 valence electrons. The molecule has 1 N–H and O–H groups in total. The molecule has 2 rings (SSSR count). The summed E-state index contributed by atoms with van der Waals surface area (Å²) in [6.07, 6.45) is 1.02. The molecule has 0 aromatic heterocycles. The zero-order valence-electron chi connectivity index (χ0n) is 15.1. The van der Waals surface area contributed by atoms with Gasteiger partial charge in [-0.05, 0) is 48.5 Å². The zero-order valence-corrected chi connectivity index (χ0v) is 16.7. The highest BCUT2D eigenvalue weighted by atomic mass is 35.5. The number of hydrogen-bond acceptors (Lipinski definition) is 4. The van der Waals surface area contributed by atoms with Gasteiger partial charge < -0.3 is 10.2 Å². The molecule has 0 heterocycles. The molecule has 0 spiro atoms. The highest BCUT2D eigenvalue weighted by Crippen LogP contribution is 2.19. The van der Waals surface area contributed by atoms with Crippen LogP contribution in [0.2, 0.25) is 5.02 Å². The molecule has 0 aliphatic rings. The smallest absolute Gasteiger partial charge is 0.253 e. The molecule has 0 saturated carbocycles. The summed E-state index contributed by atoms with van der Waals surface area (Å²) >= 11 is 5.80. The molecule has 0 unspecified atom stereocenters. The SMILES string of the molecule is CN(C)C(=O)c1ccc(N(CC(=O)Nc2ccc(Cl)cc2)S(C)(=O)=O)cc1. The second-order valence-corrected chi connectivity index (χ2v) is 8.41. The van der Waals surface area contributed by atoms with E-state index in [2.05, 4.69) is 5.32 Å². The maximum atomic E-state index is 12.3. The van der Waals surface area contributed by atoms with Crippen molar-refractivity contribution in [2.45, 2.75) is 0 Å². The number of nitrogens with zero attached hydrogens (tertiary/aromatic N) is 2. The summed E-state index contributed by atoms with van der Waals surface area (Å²) in [7, 11) is -0.455. The third kappa shape index (κ3) is 5.70. The minimum atomic E-state index is -3.71. The number of anilines is 2. The first-order chi connectivity index (χ1) is 12.6. The quantitative estimate of drug-likeness (QED) is 0.793. The van der Waals surface area contributed by atoms with Crippen LogP contribution >= 0.6 is 11.6 Å². The molecule has 0 radical (unpaired) electrons. The lowest BCUT2D eigenvalue weighted by Gasteiger charge is -2.22. The largest absolute Gasteiger partial charge is 0.345 e. The first-order valence-electron chi connectivity index (χ1n) is 7.93. The third-order valence-corrected chi connectivity index (χ3v) is 5.02. The molecule has 2 aromatic carbocycles. The van der Waals surface area contributed by atoms with Crippen LogP contribution in [-0.2, 0) is 14.8 Å². The average molecular weight is 410 g/mol. The van der Waals surface area contributed by atoms with E-state index in [4.69, 9.17) is 11.6 Å². The van der Waals surface area contributed by atoms with Crippen LogP contribution in [0.15, 0.2) is 48.5 Å². The Kier molecular flexibility index (Phi) is 6.45. The van der Waals surface area contributed by atoms with Crippen molar-refractivity contribution in [1.29, 1.82) is 0 Å². The summed E-state index contributed by atoms with van der Waals surface area (Å²) < 4.78 is 25.3. The van der Waals surface area contributed by atoms with Crippen molar-refractivity contribution in [1.82, 2.24) is 4.90 Å². The number of nitrogens with one attached hydrogen (secondary N) is 1. The van der Waals surface area contributed by atoms with Crippen molar-refractivity contribution in [3.05, 3.63) is 59.1 Å². The van der Waals surface area contributed by atoms with Gasteiger partial charge in [-0.1, -0.05) is 11.6 Å². The molecule has 2 amide bonds. The van der Waals surface area contributed by atoms with Gasteiger partial charge in [0.25, 0.3) is 5.91 Å². The lowest BCUT2D eigenvalue weighted by atomic mass is 10.2. The van der Waals surface area contributed by atoms with Gasteiger partial charge in [-0.2, -0.15) is 0 Å². The van der Waals surface area contributed by atoms with Crippen molar-refractivity contribution in [3.8, 4) is 0 Å². The fourth-order valence-corrected chi connectivity index (χ4v) is 3.28. The normalized spacial score (nSPS) is 11.0. The van der Waals surface area contributed by atoms with E-state index in [0.29, 0.717) is 22.0 Å². The molecule has 27 heavy (non-hydrogen) atoms. The third-order valence-electron chi connectivity index (χ3n) is 3.62. The lowest BCUT2D eigenvalue weighted by Crippen LogP contribution is -2.37. The van der Waals surface area contributed by atoms with Crippen molar-refractivity contribution in [2.24, 2.45) is 0 Å². The summed E-state index contributed by atoms with van der Waals surface area (Å²) in [5.41, 5.74) is 1.21. The van der Waals surface area contributed by atoms with Gasteiger partial charge in [0.05, 0.1) is 11.9 Å². The lowest BCUT2D eigenvalue weighted by molar-refractivity contribution is -0.114. The monoisotopic (exact) mass is 409 g/mol. The molecule has 0 atom stereocenters. The number of hydrogen-bond donors (Lipinski definition) is 1. The van der Waals surface area contributed by atoms with Crippen LogP contribution in [0, 0.1) is 0 Å². The standard InChI is InChI=1S/C18H20ClN3O4S/c1-21(2)18(24)13-4-10-16(11-5-13)22(27(3,25)26)12-17(23)20-15-8-6-14(19)7-9-15/h4-11H,12H2,1-3H3,(H,20,23). The number of amides is 2. The second-order valence-electron chi connectivity index (χ2n) is 6.07. The van der Waals surface area contributed by atoms with E-state index in [-0.39, 0.29) is 5.91 Å². The van der Waals surface area contributed by atoms with Crippen LogP contribution in [0.25, 0.3) is 0 Å². The van der Waals surface area contributed by atoms with Crippen LogP contribution in [-0.4, -0.2) is 52.0 Å². The maximum absolute atomic E-state index is 12.3. The molecular weight excluding hydrogens is 390 g/mol. The Morgan fingerprint density at radius 1 is 1.00 bits per heavy atom. The van der Waals surface area contributed by atoms with Crippen molar-refractivity contribution >= 4 is 44.8 Å². The number of rotatable bonds is 6. The topological polar surface area (TPSA) is 86.8 Å². The van der Waals surface area contributed by atoms with Gasteiger partial charge in [0.2, 0.25) is 15.9 Å². The molecule has 2 aromatic rings. The Morgan fingerprint density at radius 3 is 2.04 bits per heavy atom. The Morgan fingerprint density at radius 2 is 1.56 bits per heavy atom. The fourth-order valence-electron chi connectivity index (χ4n) is 2.29. The van der Waals surface area contributed by atoms with E-state index in [9.17, 15) is 18.0 Å². The molecular formula is C18H20ClN3O4S. The molecule has 7 nitrogen and oxygen atoms in total. The van der Waals surface area contributed by atoms with Crippen LogP contribution < -0.4 is 9.62 Å². The Balaban J connectivity index is 2.19. The first-order valence-corrected chi connectivity index (χ1v) is 10.2. The first kappa shape index (κ1) is 20.7. The minimum absolute atomic E-state index is 0.201. The van der Waals surface area contributed by atoms with E-state index in [0.717, 1.165) is 10.6 Å². The maximum Gasteiger partial charge on any atom is 0.253 e. The summed E-state index contributed by atoms with van der Waals surface area (Å²) in [5.74, 6) is -0.705. The van der Waals surface area contributed by atoms with Crippen molar-refractivity contribution in [2.75, 3.05) is 36.5 Å².